The first-order chi connectivity index (χ1) is 19.7. The molecule has 2 atom stereocenters. The van der Waals surface area contributed by atoms with Crippen LogP contribution in [0.5, 0.6) is 0 Å². The lowest BCUT2D eigenvalue weighted by atomic mass is 10.1. The van der Waals surface area contributed by atoms with Crippen molar-refractivity contribution in [1.82, 2.24) is 10.2 Å². The van der Waals surface area contributed by atoms with E-state index < -0.39 is 51.9 Å². The number of carbonyl (C=O) groups excluding carboxylic acids is 2. The van der Waals surface area contributed by atoms with Gasteiger partial charge in [0.1, 0.15) is 12.6 Å². The van der Waals surface area contributed by atoms with Crippen molar-refractivity contribution in [2.24, 2.45) is 0 Å². The van der Waals surface area contributed by atoms with E-state index >= 15 is 0 Å². The third-order valence-electron chi connectivity index (χ3n) is 6.92. The molecular formula is C30H33ClF3N3O4S. The van der Waals surface area contributed by atoms with Gasteiger partial charge in [-0.2, -0.15) is 13.2 Å². The molecule has 226 valence electrons. The SMILES string of the molecule is CC[C@H](C)NC(=O)[C@@H](C)N(Cc1ccccc1C)C(=O)CN(c1cc(C(F)(F)F)ccc1Cl)S(=O)(=O)c1ccccc1. The third kappa shape index (κ3) is 7.83. The monoisotopic (exact) mass is 623 g/mol. The lowest BCUT2D eigenvalue weighted by Crippen LogP contribution is -2.52. The molecule has 1 N–H and O–H groups in total. The number of nitrogens with one attached hydrogen (secondary N) is 1. The normalized spacial score (nSPS) is 13.2. The van der Waals surface area contributed by atoms with E-state index in [0.29, 0.717) is 22.4 Å². The van der Waals surface area contributed by atoms with Crippen molar-refractivity contribution in [3.05, 3.63) is 94.5 Å². The molecule has 0 radical (unpaired) electrons. The second-order valence-corrected chi connectivity index (χ2v) is 12.2. The van der Waals surface area contributed by atoms with Gasteiger partial charge in [0.25, 0.3) is 10.0 Å². The quantitative estimate of drug-likeness (QED) is 0.276. The van der Waals surface area contributed by atoms with Gasteiger partial charge < -0.3 is 10.2 Å². The number of nitrogens with zero attached hydrogens (tertiary/aromatic N) is 2. The summed E-state index contributed by atoms with van der Waals surface area (Å²) in [6, 6.07) is 15.2. The highest BCUT2D eigenvalue weighted by molar-refractivity contribution is 7.92. The molecule has 0 saturated heterocycles. The Bertz CT molecular complexity index is 1520. The van der Waals surface area contributed by atoms with Crippen LogP contribution in [0, 0.1) is 6.92 Å². The minimum atomic E-state index is -4.80. The van der Waals surface area contributed by atoms with E-state index in [1.165, 1.54) is 36.1 Å². The number of anilines is 1. The van der Waals surface area contributed by atoms with Crippen molar-refractivity contribution >= 4 is 39.1 Å². The van der Waals surface area contributed by atoms with E-state index in [1.54, 1.807) is 18.2 Å². The zero-order chi connectivity index (χ0) is 31.2. The van der Waals surface area contributed by atoms with Gasteiger partial charge in [-0.3, -0.25) is 13.9 Å². The molecule has 0 saturated carbocycles. The molecule has 3 aromatic carbocycles. The molecular weight excluding hydrogens is 591 g/mol. The van der Waals surface area contributed by atoms with Crippen LogP contribution in [0.15, 0.2) is 77.7 Å². The molecule has 0 unspecified atom stereocenters. The van der Waals surface area contributed by atoms with Gasteiger partial charge in [0, 0.05) is 12.6 Å². The van der Waals surface area contributed by atoms with Crippen LogP contribution in [0.1, 0.15) is 43.9 Å². The first-order valence-corrected chi connectivity index (χ1v) is 15.1. The van der Waals surface area contributed by atoms with Crippen LogP contribution in [-0.2, 0) is 32.3 Å². The molecule has 3 rings (SSSR count). The molecule has 0 aliphatic rings. The van der Waals surface area contributed by atoms with E-state index in [9.17, 15) is 31.2 Å². The van der Waals surface area contributed by atoms with Gasteiger partial charge in [-0.1, -0.05) is 61.0 Å². The topological polar surface area (TPSA) is 86.8 Å². The van der Waals surface area contributed by atoms with Crippen LogP contribution in [-0.4, -0.2) is 43.8 Å². The Morgan fingerprint density at radius 3 is 2.19 bits per heavy atom. The Labute approximate surface area is 249 Å². The number of carbonyl (C=O) groups is 2. The average molecular weight is 624 g/mol. The van der Waals surface area contributed by atoms with Crippen LogP contribution >= 0.6 is 11.6 Å². The highest BCUT2D eigenvalue weighted by Gasteiger charge is 2.36. The van der Waals surface area contributed by atoms with Gasteiger partial charge >= 0.3 is 6.18 Å². The summed E-state index contributed by atoms with van der Waals surface area (Å²) < 4.78 is 69.2. The molecule has 3 aromatic rings. The molecule has 0 heterocycles. The van der Waals surface area contributed by atoms with Gasteiger partial charge in [-0.05, 0) is 68.7 Å². The fourth-order valence-corrected chi connectivity index (χ4v) is 5.85. The Morgan fingerprint density at radius 2 is 1.60 bits per heavy atom. The minimum Gasteiger partial charge on any atom is -0.352 e. The third-order valence-corrected chi connectivity index (χ3v) is 9.02. The molecule has 0 spiro atoms. The first kappa shape index (κ1) is 32.9. The number of halogens is 4. The summed E-state index contributed by atoms with van der Waals surface area (Å²) in [5.41, 5.74) is -0.111. The second-order valence-electron chi connectivity index (χ2n) is 9.93. The van der Waals surface area contributed by atoms with Crippen LogP contribution < -0.4 is 9.62 Å². The van der Waals surface area contributed by atoms with E-state index in [2.05, 4.69) is 5.32 Å². The number of hydrogen-bond donors (Lipinski definition) is 1. The largest absolute Gasteiger partial charge is 0.416 e. The molecule has 7 nitrogen and oxygen atoms in total. The molecule has 12 heteroatoms. The predicted molar refractivity (Wildman–Crippen MR) is 157 cm³/mol. The van der Waals surface area contributed by atoms with Gasteiger partial charge in [0.05, 0.1) is 21.2 Å². The zero-order valence-electron chi connectivity index (χ0n) is 23.7. The molecule has 0 bridgehead atoms. The lowest BCUT2D eigenvalue weighted by Gasteiger charge is -2.33. The summed E-state index contributed by atoms with van der Waals surface area (Å²) in [4.78, 5) is 28.1. The van der Waals surface area contributed by atoms with Crippen molar-refractivity contribution in [1.29, 1.82) is 0 Å². The fraction of sp³-hybridized carbons (Fsp3) is 0.333. The van der Waals surface area contributed by atoms with Crippen molar-refractivity contribution in [2.75, 3.05) is 10.8 Å². The van der Waals surface area contributed by atoms with Crippen molar-refractivity contribution in [2.45, 2.75) is 63.8 Å². The molecule has 0 aliphatic heterocycles. The number of rotatable bonds is 11. The number of hydrogen-bond acceptors (Lipinski definition) is 4. The second kappa shape index (κ2) is 13.6. The summed E-state index contributed by atoms with van der Waals surface area (Å²) in [5, 5.41) is 2.53. The highest BCUT2D eigenvalue weighted by Crippen LogP contribution is 2.37. The van der Waals surface area contributed by atoms with Gasteiger partial charge in [-0.25, -0.2) is 8.42 Å². The Balaban J connectivity index is 2.13. The summed E-state index contributed by atoms with van der Waals surface area (Å²) in [7, 11) is -4.58. The van der Waals surface area contributed by atoms with Crippen LogP contribution in [0.2, 0.25) is 5.02 Å². The molecule has 42 heavy (non-hydrogen) atoms. The summed E-state index contributed by atoms with van der Waals surface area (Å²) in [6.07, 6.45) is -4.16. The van der Waals surface area contributed by atoms with Crippen molar-refractivity contribution in [3.63, 3.8) is 0 Å². The Kier molecular flexibility index (Phi) is 10.7. The number of benzene rings is 3. The molecule has 0 fully saturated rings. The van der Waals surface area contributed by atoms with Crippen LogP contribution in [0.25, 0.3) is 0 Å². The first-order valence-electron chi connectivity index (χ1n) is 13.3. The van der Waals surface area contributed by atoms with E-state index in [-0.39, 0.29) is 22.5 Å². The Morgan fingerprint density at radius 1 is 0.976 bits per heavy atom. The van der Waals surface area contributed by atoms with E-state index in [4.69, 9.17) is 11.6 Å². The fourth-order valence-electron chi connectivity index (χ4n) is 4.13. The van der Waals surface area contributed by atoms with Crippen LogP contribution in [0.3, 0.4) is 0 Å². The van der Waals surface area contributed by atoms with Gasteiger partial charge in [0.15, 0.2) is 0 Å². The summed E-state index contributed by atoms with van der Waals surface area (Å²) >= 11 is 6.27. The molecule has 0 aliphatic carbocycles. The van der Waals surface area contributed by atoms with Gasteiger partial charge in [-0.15, -0.1) is 0 Å². The number of alkyl halides is 3. The van der Waals surface area contributed by atoms with Crippen molar-refractivity contribution in [3.8, 4) is 0 Å². The number of aryl methyl sites for hydroxylation is 1. The lowest BCUT2D eigenvalue weighted by molar-refractivity contribution is -0.139. The van der Waals surface area contributed by atoms with Gasteiger partial charge in [0.2, 0.25) is 11.8 Å². The minimum absolute atomic E-state index is 0.0455. The standard InChI is InChI=1S/C30H33ClF3N3O4S/c1-5-21(3)35-29(39)22(4)36(18-23-12-10-9-11-20(23)2)28(38)19-37(42(40,41)25-13-7-6-8-14-25)27-17-24(30(32,33)34)15-16-26(27)31/h6-17,21-22H,5,18-19H2,1-4H3,(H,35,39)/t21-,22+/m0/s1. The zero-order valence-corrected chi connectivity index (χ0v) is 25.2. The highest BCUT2D eigenvalue weighted by atomic mass is 35.5. The average Bonchev–Trinajstić information content (AvgIpc) is 2.95. The molecule has 0 aromatic heterocycles. The van der Waals surface area contributed by atoms with E-state index in [1.807, 2.05) is 32.9 Å². The number of sulfonamides is 1. The van der Waals surface area contributed by atoms with E-state index in [0.717, 1.165) is 17.7 Å². The predicted octanol–water partition coefficient (Wildman–Crippen LogP) is 6.19. The Hall–Kier alpha value is -3.57. The maximum atomic E-state index is 14.0. The smallest absolute Gasteiger partial charge is 0.352 e. The maximum Gasteiger partial charge on any atom is 0.416 e. The number of amides is 2. The summed E-state index contributed by atoms with van der Waals surface area (Å²) in [6.45, 7) is 6.08. The van der Waals surface area contributed by atoms with Crippen molar-refractivity contribution < 1.29 is 31.2 Å². The summed E-state index contributed by atoms with van der Waals surface area (Å²) in [5.74, 6) is -1.26. The maximum absolute atomic E-state index is 14.0. The van der Waals surface area contributed by atoms with Crippen LogP contribution in [0.4, 0.5) is 18.9 Å². The molecule has 2 amide bonds.